The van der Waals surface area contributed by atoms with Crippen molar-refractivity contribution in [2.75, 3.05) is 22.5 Å². The molecule has 0 spiro atoms. The van der Waals surface area contributed by atoms with Crippen LogP contribution in [0.3, 0.4) is 0 Å². The van der Waals surface area contributed by atoms with Crippen molar-refractivity contribution in [3.63, 3.8) is 0 Å². The molecule has 0 atom stereocenters. The van der Waals surface area contributed by atoms with Crippen molar-refractivity contribution in [2.45, 2.75) is 51.3 Å². The van der Waals surface area contributed by atoms with Crippen LogP contribution in [-0.4, -0.2) is 32.5 Å². The van der Waals surface area contributed by atoms with Gasteiger partial charge in [-0.15, -0.1) is 0 Å². The Balaban J connectivity index is 1.69. The molecule has 0 saturated heterocycles. The SMILES string of the molecule is CCC(=O)N1CCCc2cc(S(=O)(=O)CCC(=O)Nc3ccc(C)c(C)c3)ccc21. The maximum atomic E-state index is 12.8. The molecule has 0 aromatic heterocycles. The predicted molar refractivity (Wildman–Crippen MR) is 119 cm³/mol. The van der Waals surface area contributed by atoms with Gasteiger partial charge in [0.25, 0.3) is 0 Å². The third kappa shape index (κ3) is 4.90. The van der Waals surface area contributed by atoms with E-state index in [-0.39, 0.29) is 28.9 Å². The van der Waals surface area contributed by atoms with Gasteiger partial charge in [-0.2, -0.15) is 0 Å². The molecule has 1 heterocycles. The van der Waals surface area contributed by atoms with Crippen LogP contribution in [0, 0.1) is 13.8 Å². The van der Waals surface area contributed by atoms with Crippen LogP contribution in [0.5, 0.6) is 0 Å². The molecule has 0 bridgehead atoms. The van der Waals surface area contributed by atoms with Crippen LogP contribution < -0.4 is 10.2 Å². The van der Waals surface area contributed by atoms with Crippen LogP contribution in [-0.2, 0) is 25.8 Å². The summed E-state index contributed by atoms with van der Waals surface area (Å²) in [6.07, 6.45) is 1.84. The number of aryl methyl sites for hydroxylation is 3. The summed E-state index contributed by atoms with van der Waals surface area (Å²) in [6, 6.07) is 10.5. The molecule has 0 fully saturated rings. The maximum absolute atomic E-state index is 12.8. The number of amides is 2. The fraction of sp³-hybridized carbons (Fsp3) is 0.391. The van der Waals surface area contributed by atoms with Crippen molar-refractivity contribution in [3.8, 4) is 0 Å². The van der Waals surface area contributed by atoms with Crippen LogP contribution in [0.1, 0.15) is 42.9 Å². The Kier molecular flexibility index (Phi) is 6.61. The average molecular weight is 429 g/mol. The summed E-state index contributed by atoms with van der Waals surface area (Å²) < 4.78 is 25.6. The van der Waals surface area contributed by atoms with Crippen molar-refractivity contribution in [3.05, 3.63) is 53.1 Å². The van der Waals surface area contributed by atoms with Crippen LogP contribution in [0.4, 0.5) is 11.4 Å². The Labute approximate surface area is 178 Å². The van der Waals surface area contributed by atoms with Crippen molar-refractivity contribution >= 4 is 33.0 Å². The number of hydrogen-bond donors (Lipinski definition) is 1. The van der Waals surface area contributed by atoms with E-state index in [4.69, 9.17) is 0 Å². The second kappa shape index (κ2) is 9.00. The van der Waals surface area contributed by atoms with Crippen molar-refractivity contribution in [2.24, 2.45) is 0 Å². The van der Waals surface area contributed by atoms with Crippen LogP contribution >= 0.6 is 0 Å². The maximum Gasteiger partial charge on any atom is 0.226 e. The second-order valence-electron chi connectivity index (χ2n) is 7.71. The molecule has 3 rings (SSSR count). The molecule has 7 heteroatoms. The molecule has 2 amide bonds. The van der Waals surface area contributed by atoms with E-state index in [0.717, 1.165) is 35.2 Å². The zero-order valence-electron chi connectivity index (χ0n) is 17.7. The largest absolute Gasteiger partial charge is 0.326 e. The minimum Gasteiger partial charge on any atom is -0.326 e. The van der Waals surface area contributed by atoms with E-state index in [1.54, 1.807) is 17.0 Å². The number of sulfone groups is 1. The summed E-state index contributed by atoms with van der Waals surface area (Å²) in [5.41, 5.74) is 4.51. The number of carbonyl (C=O) groups excluding carboxylic acids is 2. The van der Waals surface area contributed by atoms with Gasteiger partial charge in [-0.05, 0) is 73.7 Å². The normalized spacial score (nSPS) is 13.6. The highest BCUT2D eigenvalue weighted by atomic mass is 32.2. The van der Waals surface area contributed by atoms with Gasteiger partial charge in [-0.25, -0.2) is 8.42 Å². The molecule has 0 unspecified atom stereocenters. The summed E-state index contributed by atoms with van der Waals surface area (Å²) >= 11 is 0. The standard InChI is InChI=1S/C23H28N2O4S/c1-4-23(27)25-12-5-6-18-15-20(9-10-21(18)25)30(28,29)13-11-22(26)24-19-8-7-16(2)17(3)14-19/h7-10,14-15H,4-6,11-13H2,1-3H3,(H,24,26). The van der Waals surface area contributed by atoms with Gasteiger partial charge in [0.05, 0.1) is 10.6 Å². The first-order chi connectivity index (χ1) is 14.2. The lowest BCUT2D eigenvalue weighted by Gasteiger charge is -2.29. The zero-order valence-corrected chi connectivity index (χ0v) is 18.5. The quantitative estimate of drug-likeness (QED) is 0.759. The van der Waals surface area contributed by atoms with Gasteiger partial charge >= 0.3 is 0 Å². The smallest absolute Gasteiger partial charge is 0.226 e. The highest BCUT2D eigenvalue weighted by Gasteiger charge is 2.24. The number of benzene rings is 2. The molecule has 30 heavy (non-hydrogen) atoms. The number of nitrogens with one attached hydrogen (secondary N) is 1. The van der Waals surface area contributed by atoms with Crippen molar-refractivity contribution in [1.82, 2.24) is 0 Å². The summed E-state index contributed by atoms with van der Waals surface area (Å²) in [4.78, 5) is 26.3. The molecule has 1 N–H and O–H groups in total. The first-order valence-electron chi connectivity index (χ1n) is 10.2. The van der Waals surface area contributed by atoms with E-state index in [1.165, 1.54) is 6.07 Å². The second-order valence-corrected chi connectivity index (χ2v) is 9.82. The van der Waals surface area contributed by atoms with Gasteiger partial charge in [0.1, 0.15) is 0 Å². The minimum absolute atomic E-state index is 0.0366. The minimum atomic E-state index is -3.60. The van der Waals surface area contributed by atoms with Gasteiger partial charge in [-0.3, -0.25) is 9.59 Å². The van der Waals surface area contributed by atoms with Crippen LogP contribution in [0.15, 0.2) is 41.3 Å². The Morgan fingerprint density at radius 1 is 1.07 bits per heavy atom. The highest BCUT2D eigenvalue weighted by molar-refractivity contribution is 7.91. The van der Waals surface area contributed by atoms with E-state index < -0.39 is 9.84 Å². The molecular weight excluding hydrogens is 400 g/mol. The van der Waals surface area contributed by atoms with E-state index in [1.807, 2.05) is 39.0 Å². The highest BCUT2D eigenvalue weighted by Crippen LogP contribution is 2.30. The molecule has 0 aliphatic carbocycles. The summed E-state index contributed by atoms with van der Waals surface area (Å²) in [7, 11) is -3.60. The van der Waals surface area contributed by atoms with Crippen molar-refractivity contribution < 1.29 is 18.0 Å². The molecule has 6 nitrogen and oxygen atoms in total. The van der Waals surface area contributed by atoms with E-state index >= 15 is 0 Å². The number of nitrogens with zero attached hydrogens (tertiary/aromatic N) is 1. The van der Waals surface area contributed by atoms with Crippen LogP contribution in [0.25, 0.3) is 0 Å². The molecule has 2 aromatic rings. The van der Waals surface area contributed by atoms with Gasteiger partial charge in [0.15, 0.2) is 9.84 Å². The Morgan fingerprint density at radius 2 is 1.83 bits per heavy atom. The first-order valence-corrected chi connectivity index (χ1v) is 11.9. The molecule has 160 valence electrons. The molecule has 1 aliphatic rings. The van der Waals surface area contributed by atoms with Gasteiger partial charge in [0, 0.05) is 30.8 Å². The average Bonchev–Trinajstić information content (AvgIpc) is 2.73. The third-order valence-corrected chi connectivity index (χ3v) is 7.23. The predicted octanol–water partition coefficient (Wildman–Crippen LogP) is 3.80. The van der Waals surface area contributed by atoms with Crippen LogP contribution in [0.2, 0.25) is 0 Å². The first kappa shape index (κ1) is 22.0. The lowest BCUT2D eigenvalue weighted by atomic mass is 10.0. The molecular formula is C23H28N2O4S. The number of fused-ring (bicyclic) bond motifs is 1. The monoisotopic (exact) mass is 428 g/mol. The molecule has 1 aliphatic heterocycles. The lowest BCUT2D eigenvalue weighted by Crippen LogP contribution is -2.35. The fourth-order valence-corrected chi connectivity index (χ4v) is 4.89. The summed E-state index contributed by atoms with van der Waals surface area (Å²) in [5, 5.41) is 2.76. The lowest BCUT2D eigenvalue weighted by molar-refractivity contribution is -0.118. The van der Waals surface area contributed by atoms with E-state index in [9.17, 15) is 18.0 Å². The summed E-state index contributed by atoms with van der Waals surface area (Å²) in [5.74, 6) is -0.561. The van der Waals surface area contributed by atoms with E-state index in [2.05, 4.69) is 5.32 Å². The molecule has 2 aromatic carbocycles. The van der Waals surface area contributed by atoms with Gasteiger partial charge in [-0.1, -0.05) is 13.0 Å². The number of hydrogen-bond acceptors (Lipinski definition) is 4. The molecule has 0 saturated carbocycles. The molecule has 0 radical (unpaired) electrons. The van der Waals surface area contributed by atoms with Gasteiger partial charge < -0.3 is 10.2 Å². The fourth-order valence-electron chi connectivity index (χ4n) is 3.60. The Bertz CT molecular complexity index is 1080. The van der Waals surface area contributed by atoms with E-state index in [0.29, 0.717) is 18.7 Å². The Hall–Kier alpha value is -2.67. The number of carbonyl (C=O) groups is 2. The Morgan fingerprint density at radius 3 is 2.53 bits per heavy atom. The number of rotatable bonds is 6. The zero-order chi connectivity index (χ0) is 21.9. The van der Waals surface area contributed by atoms with Crippen molar-refractivity contribution in [1.29, 1.82) is 0 Å². The van der Waals surface area contributed by atoms with Gasteiger partial charge in [0.2, 0.25) is 11.8 Å². The third-order valence-electron chi connectivity index (χ3n) is 5.52. The number of anilines is 2. The summed E-state index contributed by atoms with van der Waals surface area (Å²) in [6.45, 7) is 6.42. The topological polar surface area (TPSA) is 83.6 Å².